The van der Waals surface area contributed by atoms with Crippen LogP contribution in [0.3, 0.4) is 0 Å². The molecule has 0 fully saturated rings. The van der Waals surface area contributed by atoms with Gasteiger partial charge in [-0.15, -0.1) is 0 Å². The standard InChI is InChI=1S/C28H37N5O3Si/c1-20-13-22(15-24(14-20)35-6)32(11-12-36-37(7,8)28(2,3)4)21-9-10-26-25(16-21)27(34)33(19-29-26)23-17-30-31(5)18-23/h9-10,13-19H,11-12H2,1-8H3. The molecule has 2 aromatic heterocycles. The molecule has 37 heavy (non-hydrogen) atoms. The number of benzene rings is 2. The van der Waals surface area contributed by atoms with Gasteiger partial charge in [-0.2, -0.15) is 5.10 Å². The molecule has 0 aliphatic rings. The number of anilines is 2. The summed E-state index contributed by atoms with van der Waals surface area (Å²) in [5.41, 5.74) is 4.14. The van der Waals surface area contributed by atoms with Crippen LogP contribution in [0.25, 0.3) is 16.6 Å². The van der Waals surface area contributed by atoms with Crippen LogP contribution in [0.15, 0.2) is 59.9 Å². The third-order valence-electron chi connectivity index (χ3n) is 7.19. The second-order valence-corrected chi connectivity index (χ2v) is 15.8. The Labute approximate surface area is 219 Å². The molecule has 0 spiro atoms. The highest BCUT2D eigenvalue weighted by Crippen LogP contribution is 2.37. The zero-order valence-electron chi connectivity index (χ0n) is 23.1. The number of aromatic nitrogens is 4. The molecule has 2 heterocycles. The minimum atomic E-state index is -1.92. The van der Waals surface area contributed by atoms with E-state index in [-0.39, 0.29) is 10.6 Å². The molecule has 0 atom stereocenters. The highest BCUT2D eigenvalue weighted by atomic mass is 28.4. The van der Waals surface area contributed by atoms with Crippen molar-refractivity contribution in [2.45, 2.75) is 45.8 Å². The summed E-state index contributed by atoms with van der Waals surface area (Å²) >= 11 is 0. The van der Waals surface area contributed by atoms with Gasteiger partial charge < -0.3 is 14.1 Å². The van der Waals surface area contributed by atoms with Gasteiger partial charge in [-0.3, -0.25) is 14.0 Å². The third kappa shape index (κ3) is 5.62. The first-order valence-electron chi connectivity index (χ1n) is 12.5. The van der Waals surface area contributed by atoms with E-state index in [1.807, 2.05) is 44.3 Å². The van der Waals surface area contributed by atoms with Crippen LogP contribution in [0.1, 0.15) is 26.3 Å². The van der Waals surface area contributed by atoms with Crippen LogP contribution in [0.5, 0.6) is 5.75 Å². The Morgan fingerprint density at radius 1 is 1.08 bits per heavy atom. The Morgan fingerprint density at radius 2 is 1.84 bits per heavy atom. The Morgan fingerprint density at radius 3 is 2.49 bits per heavy atom. The first-order valence-corrected chi connectivity index (χ1v) is 15.4. The molecule has 0 radical (unpaired) electrons. The first-order chi connectivity index (χ1) is 17.4. The number of fused-ring (bicyclic) bond motifs is 1. The van der Waals surface area contributed by atoms with Crippen molar-refractivity contribution in [2.75, 3.05) is 25.2 Å². The van der Waals surface area contributed by atoms with Crippen molar-refractivity contribution in [3.05, 3.63) is 71.0 Å². The lowest BCUT2D eigenvalue weighted by atomic mass is 10.1. The molecule has 9 heteroatoms. The summed E-state index contributed by atoms with van der Waals surface area (Å²) in [5, 5.41) is 4.86. The van der Waals surface area contributed by atoms with Crippen molar-refractivity contribution in [3.63, 3.8) is 0 Å². The molecule has 8 nitrogen and oxygen atoms in total. The highest BCUT2D eigenvalue weighted by Gasteiger charge is 2.37. The van der Waals surface area contributed by atoms with Gasteiger partial charge in [0, 0.05) is 37.2 Å². The number of nitrogens with zero attached hydrogens (tertiary/aromatic N) is 5. The van der Waals surface area contributed by atoms with Crippen LogP contribution in [0.2, 0.25) is 18.1 Å². The molecule has 0 aliphatic carbocycles. The predicted molar refractivity (Wildman–Crippen MR) is 152 cm³/mol. The number of methoxy groups -OCH3 is 1. The summed E-state index contributed by atoms with van der Waals surface area (Å²) in [6.45, 7) is 14.5. The average molecular weight is 520 g/mol. The van der Waals surface area contributed by atoms with Gasteiger partial charge in [0.2, 0.25) is 0 Å². The molecule has 4 rings (SSSR count). The summed E-state index contributed by atoms with van der Waals surface area (Å²) in [7, 11) is 1.57. The van der Waals surface area contributed by atoms with E-state index < -0.39 is 8.32 Å². The average Bonchev–Trinajstić information content (AvgIpc) is 3.26. The normalized spacial score (nSPS) is 12.2. The number of aryl methyl sites for hydroxylation is 2. The van der Waals surface area contributed by atoms with Crippen molar-refractivity contribution >= 4 is 30.6 Å². The van der Waals surface area contributed by atoms with E-state index in [9.17, 15) is 4.79 Å². The molecule has 0 amide bonds. The first kappa shape index (κ1) is 26.6. The van der Waals surface area contributed by atoms with Crippen molar-refractivity contribution in [2.24, 2.45) is 7.05 Å². The van der Waals surface area contributed by atoms with Crippen molar-refractivity contribution in [1.82, 2.24) is 19.3 Å². The lowest BCUT2D eigenvalue weighted by Gasteiger charge is -2.37. The van der Waals surface area contributed by atoms with Crippen LogP contribution in [-0.4, -0.2) is 47.9 Å². The summed E-state index contributed by atoms with van der Waals surface area (Å²) in [4.78, 5) is 20.2. The van der Waals surface area contributed by atoms with Crippen LogP contribution in [0.4, 0.5) is 11.4 Å². The second-order valence-electron chi connectivity index (χ2n) is 11.0. The maximum atomic E-state index is 13.5. The Bertz CT molecular complexity index is 1470. The van der Waals surface area contributed by atoms with E-state index in [1.54, 1.807) is 30.5 Å². The Hall–Kier alpha value is -3.43. The van der Waals surface area contributed by atoms with Crippen LogP contribution in [-0.2, 0) is 11.5 Å². The van der Waals surface area contributed by atoms with Gasteiger partial charge in [-0.1, -0.05) is 20.8 Å². The quantitative estimate of drug-likeness (QED) is 0.282. The van der Waals surface area contributed by atoms with E-state index >= 15 is 0 Å². The maximum Gasteiger partial charge on any atom is 0.265 e. The largest absolute Gasteiger partial charge is 0.497 e. The zero-order valence-corrected chi connectivity index (χ0v) is 24.1. The topological polar surface area (TPSA) is 74.4 Å². The fourth-order valence-electron chi connectivity index (χ4n) is 4.01. The number of hydrogen-bond acceptors (Lipinski definition) is 6. The fraction of sp³-hybridized carbons (Fsp3) is 0.393. The molecule has 0 N–H and O–H groups in total. The van der Waals surface area contributed by atoms with Crippen LogP contribution < -0.4 is 15.2 Å². The Balaban J connectivity index is 1.77. The number of rotatable bonds is 8. The molecule has 0 saturated carbocycles. The van der Waals surface area contributed by atoms with Crippen molar-refractivity contribution < 1.29 is 9.16 Å². The fourth-order valence-corrected chi connectivity index (χ4v) is 5.05. The molecular weight excluding hydrogens is 482 g/mol. The second kappa shape index (κ2) is 10.1. The lowest BCUT2D eigenvalue weighted by molar-refractivity contribution is 0.297. The monoisotopic (exact) mass is 519 g/mol. The molecule has 196 valence electrons. The van der Waals surface area contributed by atoms with Crippen molar-refractivity contribution in [3.8, 4) is 11.4 Å². The smallest absolute Gasteiger partial charge is 0.265 e. The van der Waals surface area contributed by atoms with Gasteiger partial charge in [-0.05, 0) is 61.0 Å². The number of ether oxygens (including phenoxy) is 1. The lowest BCUT2D eigenvalue weighted by Crippen LogP contribution is -2.42. The summed E-state index contributed by atoms with van der Waals surface area (Å²) in [5.74, 6) is 0.784. The van der Waals surface area contributed by atoms with Gasteiger partial charge in [0.05, 0.1) is 36.5 Å². The van der Waals surface area contributed by atoms with E-state index in [0.29, 0.717) is 29.7 Å². The van der Waals surface area contributed by atoms with Crippen LogP contribution >= 0.6 is 0 Å². The van der Waals surface area contributed by atoms with E-state index in [1.165, 1.54) is 4.57 Å². The molecule has 0 saturated heterocycles. The summed E-state index contributed by atoms with van der Waals surface area (Å²) < 4.78 is 15.3. The summed E-state index contributed by atoms with van der Waals surface area (Å²) in [6.07, 6.45) is 5.00. The summed E-state index contributed by atoms with van der Waals surface area (Å²) in [6, 6.07) is 12.0. The van der Waals surface area contributed by atoms with E-state index in [2.05, 4.69) is 54.9 Å². The highest BCUT2D eigenvalue weighted by molar-refractivity contribution is 6.74. The molecule has 4 aromatic rings. The SMILES string of the molecule is COc1cc(C)cc(N(CCO[Si](C)(C)C(C)(C)C)c2ccc3ncn(-c4cnn(C)c4)c(=O)c3c2)c1. The van der Waals surface area contributed by atoms with E-state index in [0.717, 1.165) is 22.7 Å². The van der Waals surface area contributed by atoms with E-state index in [4.69, 9.17) is 9.16 Å². The minimum absolute atomic E-state index is 0.121. The van der Waals surface area contributed by atoms with Crippen LogP contribution in [0, 0.1) is 6.92 Å². The predicted octanol–water partition coefficient (Wildman–Crippen LogP) is 5.60. The molecule has 2 aromatic carbocycles. The van der Waals surface area contributed by atoms with Gasteiger partial charge in [0.25, 0.3) is 5.56 Å². The minimum Gasteiger partial charge on any atom is -0.497 e. The molecule has 0 unspecified atom stereocenters. The van der Waals surface area contributed by atoms with Crippen molar-refractivity contribution in [1.29, 1.82) is 0 Å². The molecule has 0 bridgehead atoms. The van der Waals surface area contributed by atoms with Gasteiger partial charge in [-0.25, -0.2) is 4.98 Å². The molecule has 0 aliphatic heterocycles. The zero-order chi connectivity index (χ0) is 27.0. The maximum absolute atomic E-state index is 13.5. The van der Waals surface area contributed by atoms with Gasteiger partial charge in [0.1, 0.15) is 12.1 Å². The molecular formula is C28H37N5O3Si. The Kier molecular flexibility index (Phi) is 7.30. The number of hydrogen-bond donors (Lipinski definition) is 0. The van der Waals surface area contributed by atoms with Gasteiger partial charge >= 0.3 is 0 Å². The van der Waals surface area contributed by atoms with Gasteiger partial charge in [0.15, 0.2) is 8.32 Å². The third-order valence-corrected chi connectivity index (χ3v) is 11.7.